The van der Waals surface area contributed by atoms with Crippen LogP contribution in [-0.4, -0.2) is 58.6 Å². The van der Waals surface area contributed by atoms with Crippen molar-refractivity contribution >= 4 is 0 Å². The summed E-state index contributed by atoms with van der Waals surface area (Å²) in [5.74, 6) is 6.02. The second kappa shape index (κ2) is 13.2. The van der Waals surface area contributed by atoms with Gasteiger partial charge in [0.05, 0.1) is 25.2 Å². The first kappa shape index (κ1) is 26.6. The molecule has 8 nitrogen and oxygen atoms in total. The zero-order valence-corrected chi connectivity index (χ0v) is 21.0. The number of benzene rings is 2. The van der Waals surface area contributed by atoms with Crippen molar-refractivity contribution in [2.75, 3.05) is 26.4 Å². The van der Waals surface area contributed by atoms with Crippen LogP contribution in [-0.2, 0) is 17.7 Å². The van der Waals surface area contributed by atoms with Crippen LogP contribution in [0, 0.1) is 11.8 Å². The lowest BCUT2D eigenvalue weighted by atomic mass is 9.92. The average Bonchev–Trinajstić information content (AvgIpc) is 3.45. The van der Waals surface area contributed by atoms with Crippen LogP contribution in [0.4, 0.5) is 0 Å². The molecule has 2 aromatic carbocycles. The van der Waals surface area contributed by atoms with Gasteiger partial charge in [0.1, 0.15) is 0 Å². The van der Waals surface area contributed by atoms with Crippen LogP contribution in [0.25, 0.3) is 0 Å². The third-order valence-corrected chi connectivity index (χ3v) is 6.54. The predicted octanol–water partition coefficient (Wildman–Crippen LogP) is 2.05. The Morgan fingerprint density at radius 1 is 1.14 bits per heavy atom. The molecule has 1 fully saturated rings. The molecule has 1 aliphatic heterocycles. The number of aromatic nitrogens is 2. The Kier molecular flexibility index (Phi) is 9.46. The fraction of sp³-hybridized carbons (Fsp3) is 0.379. The van der Waals surface area contributed by atoms with Crippen molar-refractivity contribution in [1.29, 1.82) is 0 Å². The molecule has 0 aliphatic carbocycles. The number of nitrogens with one attached hydrogen (secondary N) is 3. The summed E-state index contributed by atoms with van der Waals surface area (Å²) < 4.78 is 5.40. The number of aliphatic hydroxyl groups is 1. The Morgan fingerprint density at radius 3 is 2.49 bits per heavy atom. The summed E-state index contributed by atoms with van der Waals surface area (Å²) in [5.41, 5.74) is 3.87. The summed E-state index contributed by atoms with van der Waals surface area (Å²) in [6, 6.07) is 16.6. The summed E-state index contributed by atoms with van der Waals surface area (Å²) in [7, 11) is 0. The van der Waals surface area contributed by atoms with Gasteiger partial charge in [0, 0.05) is 55.2 Å². The molecule has 3 atom stereocenters. The summed E-state index contributed by atoms with van der Waals surface area (Å²) in [5, 5.41) is 26.3. The largest absolute Gasteiger partial charge is 0.502 e. The van der Waals surface area contributed by atoms with Gasteiger partial charge in [0.2, 0.25) is 5.75 Å². The molecule has 0 spiro atoms. The Morgan fingerprint density at radius 2 is 1.84 bits per heavy atom. The van der Waals surface area contributed by atoms with Crippen LogP contribution in [0.3, 0.4) is 0 Å². The SMILES string of the molecule is CC(CO)NCC(Cc1nc[nH]c(=O)c1O)c1ccc(C#Cc2ccc(CNC3CCOC3)cc2)cc1. The highest BCUT2D eigenvalue weighted by Gasteiger charge is 2.18. The predicted molar refractivity (Wildman–Crippen MR) is 142 cm³/mol. The summed E-state index contributed by atoms with van der Waals surface area (Å²) in [6.07, 6.45) is 2.73. The van der Waals surface area contributed by atoms with Crippen LogP contribution in [0.15, 0.2) is 59.7 Å². The van der Waals surface area contributed by atoms with Crippen molar-refractivity contribution in [3.8, 4) is 17.6 Å². The first-order chi connectivity index (χ1) is 18.0. The van der Waals surface area contributed by atoms with E-state index in [4.69, 9.17) is 4.74 Å². The van der Waals surface area contributed by atoms with Crippen LogP contribution < -0.4 is 16.2 Å². The van der Waals surface area contributed by atoms with Crippen molar-refractivity contribution < 1.29 is 14.9 Å². The van der Waals surface area contributed by atoms with Gasteiger partial charge in [-0.25, -0.2) is 4.98 Å². The van der Waals surface area contributed by atoms with Gasteiger partial charge >= 0.3 is 0 Å². The van der Waals surface area contributed by atoms with E-state index in [9.17, 15) is 15.0 Å². The van der Waals surface area contributed by atoms with Gasteiger partial charge in [-0.3, -0.25) is 4.79 Å². The lowest BCUT2D eigenvalue weighted by molar-refractivity contribution is 0.190. The number of hydrogen-bond acceptors (Lipinski definition) is 7. The van der Waals surface area contributed by atoms with Gasteiger partial charge in [-0.2, -0.15) is 0 Å². The minimum absolute atomic E-state index is 0.0166. The second-order valence-corrected chi connectivity index (χ2v) is 9.43. The Hall–Kier alpha value is -3.48. The van der Waals surface area contributed by atoms with E-state index >= 15 is 0 Å². The number of ether oxygens (including phenoxy) is 1. The van der Waals surface area contributed by atoms with Crippen LogP contribution in [0.2, 0.25) is 0 Å². The van der Waals surface area contributed by atoms with E-state index in [-0.39, 0.29) is 24.3 Å². The van der Waals surface area contributed by atoms with Crippen molar-refractivity contribution in [1.82, 2.24) is 20.6 Å². The molecule has 0 radical (unpaired) electrons. The molecule has 0 amide bonds. The van der Waals surface area contributed by atoms with Gasteiger partial charge in [0.15, 0.2) is 0 Å². The van der Waals surface area contributed by atoms with Crippen molar-refractivity contribution in [3.63, 3.8) is 0 Å². The van der Waals surface area contributed by atoms with Crippen LogP contribution >= 0.6 is 0 Å². The molecular weight excluding hydrogens is 468 g/mol. The number of aliphatic hydroxyl groups excluding tert-OH is 1. The topological polar surface area (TPSA) is 120 Å². The molecule has 3 aromatic rings. The monoisotopic (exact) mass is 502 g/mol. The lowest BCUT2D eigenvalue weighted by Gasteiger charge is -2.20. The number of aromatic hydroxyl groups is 1. The Labute approximate surface area is 217 Å². The van der Waals surface area contributed by atoms with Gasteiger partial charge in [0.25, 0.3) is 5.56 Å². The molecule has 1 aliphatic rings. The number of hydrogen-bond donors (Lipinski definition) is 5. The molecule has 4 rings (SSSR count). The molecule has 1 aromatic heterocycles. The third kappa shape index (κ3) is 7.75. The van der Waals surface area contributed by atoms with Gasteiger partial charge in [-0.1, -0.05) is 36.1 Å². The van der Waals surface area contributed by atoms with Crippen LogP contribution in [0.5, 0.6) is 5.75 Å². The second-order valence-electron chi connectivity index (χ2n) is 9.43. The van der Waals surface area contributed by atoms with E-state index in [1.54, 1.807) is 0 Å². The maximum absolute atomic E-state index is 11.8. The molecule has 37 heavy (non-hydrogen) atoms. The molecular formula is C29H34N4O4. The molecule has 3 unspecified atom stereocenters. The highest BCUT2D eigenvalue weighted by atomic mass is 16.5. The minimum atomic E-state index is -0.557. The zero-order chi connectivity index (χ0) is 26.0. The molecule has 1 saturated heterocycles. The number of rotatable bonds is 10. The quantitative estimate of drug-likeness (QED) is 0.269. The number of nitrogens with zero attached hydrogens (tertiary/aromatic N) is 1. The molecule has 194 valence electrons. The molecule has 2 heterocycles. The Bertz CT molecular complexity index is 1260. The highest BCUT2D eigenvalue weighted by Crippen LogP contribution is 2.23. The lowest BCUT2D eigenvalue weighted by Crippen LogP contribution is -2.33. The highest BCUT2D eigenvalue weighted by molar-refractivity contribution is 5.44. The normalized spacial score (nSPS) is 16.6. The average molecular weight is 503 g/mol. The minimum Gasteiger partial charge on any atom is -0.502 e. The molecule has 5 N–H and O–H groups in total. The summed E-state index contributed by atoms with van der Waals surface area (Å²) in [6.45, 7) is 4.90. The smallest absolute Gasteiger partial charge is 0.293 e. The van der Waals surface area contributed by atoms with E-state index in [0.717, 1.165) is 42.9 Å². The third-order valence-electron chi connectivity index (χ3n) is 6.54. The summed E-state index contributed by atoms with van der Waals surface area (Å²) >= 11 is 0. The van der Waals surface area contributed by atoms with Gasteiger partial charge in [-0.15, -0.1) is 0 Å². The maximum Gasteiger partial charge on any atom is 0.293 e. The van der Waals surface area contributed by atoms with Crippen molar-refractivity contribution in [2.24, 2.45) is 0 Å². The van der Waals surface area contributed by atoms with Crippen LogP contribution in [0.1, 0.15) is 47.2 Å². The number of aromatic amines is 1. The maximum atomic E-state index is 11.8. The van der Waals surface area contributed by atoms with Gasteiger partial charge in [-0.05, 0) is 48.7 Å². The first-order valence-corrected chi connectivity index (χ1v) is 12.6. The van der Waals surface area contributed by atoms with Gasteiger partial charge < -0.3 is 30.6 Å². The van der Waals surface area contributed by atoms with E-state index in [1.165, 1.54) is 11.9 Å². The van der Waals surface area contributed by atoms with E-state index in [1.807, 2.05) is 43.3 Å². The van der Waals surface area contributed by atoms with E-state index in [2.05, 4.69) is 44.6 Å². The standard InChI is InChI=1S/C29H34N4O4/c1-20(17-34)30-16-25(14-27-28(35)29(36)33-19-32-27)24-10-8-22(9-11-24)3-2-21-4-6-23(7-5-21)15-31-26-12-13-37-18-26/h4-11,19-20,25-26,30-31,34-35H,12-18H2,1H3,(H,32,33,36). The fourth-order valence-corrected chi connectivity index (χ4v) is 4.17. The number of H-pyrrole nitrogens is 1. The van der Waals surface area contributed by atoms with E-state index < -0.39 is 5.56 Å². The van der Waals surface area contributed by atoms with E-state index in [0.29, 0.717) is 24.7 Å². The van der Waals surface area contributed by atoms with Crippen molar-refractivity contribution in [2.45, 2.75) is 44.3 Å². The molecule has 0 saturated carbocycles. The van der Waals surface area contributed by atoms with Crippen molar-refractivity contribution in [3.05, 3.63) is 93.2 Å². The molecule has 8 heteroatoms. The Balaban J connectivity index is 1.41. The summed E-state index contributed by atoms with van der Waals surface area (Å²) in [4.78, 5) is 18.3. The fourth-order valence-electron chi connectivity index (χ4n) is 4.17. The first-order valence-electron chi connectivity index (χ1n) is 12.6. The zero-order valence-electron chi connectivity index (χ0n) is 21.0. The molecule has 0 bridgehead atoms.